The molecule has 0 aromatic rings. The van der Waals surface area contributed by atoms with E-state index in [4.69, 9.17) is 4.74 Å². The van der Waals surface area contributed by atoms with Crippen molar-refractivity contribution in [2.75, 3.05) is 26.3 Å². The fourth-order valence-corrected chi connectivity index (χ4v) is 7.73. The third-order valence-electron chi connectivity index (χ3n) is 3.87. The van der Waals surface area contributed by atoms with Crippen molar-refractivity contribution in [2.45, 2.75) is 38.0 Å². The van der Waals surface area contributed by atoms with Crippen molar-refractivity contribution in [3.05, 3.63) is 11.8 Å². The molecule has 92 valence electrons. The predicted molar refractivity (Wildman–Crippen MR) is 71.4 cm³/mol. The van der Waals surface area contributed by atoms with Crippen molar-refractivity contribution in [1.29, 1.82) is 0 Å². The van der Waals surface area contributed by atoms with Crippen LogP contribution < -0.4 is 0 Å². The van der Waals surface area contributed by atoms with Crippen LogP contribution in [0.4, 0.5) is 0 Å². The van der Waals surface area contributed by atoms with Gasteiger partial charge >= 0.3 is 104 Å². The number of nitrogens with zero attached hydrogens (tertiary/aromatic N) is 1. The van der Waals surface area contributed by atoms with Gasteiger partial charge in [0.1, 0.15) is 0 Å². The molecule has 1 unspecified atom stereocenters. The summed E-state index contributed by atoms with van der Waals surface area (Å²) in [6.45, 7) is 4.05. The maximum atomic E-state index is 5.43. The first-order chi connectivity index (χ1) is 7.57. The summed E-state index contributed by atoms with van der Waals surface area (Å²) < 4.78 is 6.39. The molecule has 0 bridgehead atoms. The molecule has 0 amide bonds. The number of hydrogen-bond acceptors (Lipinski definition) is 2. The predicted octanol–water partition coefficient (Wildman–Crippen LogP) is 3.09. The summed E-state index contributed by atoms with van der Waals surface area (Å²) in [7, 11) is 0. The van der Waals surface area contributed by atoms with Gasteiger partial charge in [-0.3, -0.25) is 0 Å². The number of ether oxygens (including phenoxy) is 1. The summed E-state index contributed by atoms with van der Waals surface area (Å²) in [5.41, 5.74) is 1.63. The number of morpholine rings is 1. The van der Waals surface area contributed by atoms with Gasteiger partial charge < -0.3 is 0 Å². The average Bonchev–Trinajstić information content (AvgIpc) is 2.29. The van der Waals surface area contributed by atoms with Crippen LogP contribution in [0.2, 0.25) is 18.8 Å². The summed E-state index contributed by atoms with van der Waals surface area (Å²) in [6, 6.07) is 0. The molecule has 16 heavy (non-hydrogen) atoms. The van der Waals surface area contributed by atoms with E-state index in [9.17, 15) is 0 Å². The summed E-state index contributed by atoms with van der Waals surface area (Å²) in [5, 5.41) is 0. The SMILES string of the molecule is [CH3][Sn]([CH3])([CH3])[CH]1C=C(N2CCOCC2)CCC1. The second-order valence-electron chi connectivity index (χ2n) is 6.12. The first-order valence-electron chi connectivity index (χ1n) is 6.61. The standard InChI is InChI=1S/C10H16NO.3CH3.Sn/c1-2-4-10(5-3-1)11-6-8-12-9-7-11;;;;/h2,4H,1,3,5-9H2;3*1H3;. The molecule has 1 heterocycles. The first-order valence-corrected chi connectivity index (χ1v) is 16.8. The Morgan fingerprint density at radius 3 is 2.56 bits per heavy atom. The second kappa shape index (κ2) is 5.30. The van der Waals surface area contributed by atoms with Crippen LogP contribution in [0.3, 0.4) is 0 Å². The van der Waals surface area contributed by atoms with Gasteiger partial charge in [0.15, 0.2) is 0 Å². The normalized spacial score (nSPS) is 27.8. The second-order valence-corrected chi connectivity index (χ2v) is 21.7. The Morgan fingerprint density at radius 2 is 1.94 bits per heavy atom. The van der Waals surface area contributed by atoms with Crippen molar-refractivity contribution in [2.24, 2.45) is 0 Å². The van der Waals surface area contributed by atoms with Crippen LogP contribution in [0, 0.1) is 0 Å². The van der Waals surface area contributed by atoms with E-state index >= 15 is 0 Å². The molecule has 0 saturated carbocycles. The molecule has 0 spiro atoms. The Labute approximate surface area is 104 Å². The van der Waals surface area contributed by atoms with Gasteiger partial charge in [-0.2, -0.15) is 0 Å². The van der Waals surface area contributed by atoms with Crippen LogP contribution in [-0.2, 0) is 4.74 Å². The fraction of sp³-hybridized carbons (Fsp3) is 0.846. The van der Waals surface area contributed by atoms with E-state index in [0.717, 1.165) is 30.2 Å². The van der Waals surface area contributed by atoms with Crippen molar-refractivity contribution in [3.63, 3.8) is 0 Å². The molecule has 0 radical (unpaired) electrons. The fourth-order valence-electron chi connectivity index (χ4n) is 2.70. The number of allylic oxidation sites excluding steroid dienone is 2. The average molecular weight is 330 g/mol. The van der Waals surface area contributed by atoms with Gasteiger partial charge in [0.2, 0.25) is 0 Å². The van der Waals surface area contributed by atoms with Gasteiger partial charge in [-0.1, -0.05) is 0 Å². The summed E-state index contributed by atoms with van der Waals surface area (Å²) in [5.74, 6) is 0. The molecular formula is C13H25NOSn. The van der Waals surface area contributed by atoms with E-state index in [-0.39, 0.29) is 0 Å². The van der Waals surface area contributed by atoms with Gasteiger partial charge in [0, 0.05) is 0 Å². The van der Waals surface area contributed by atoms with Crippen molar-refractivity contribution < 1.29 is 4.74 Å². The molecule has 2 nitrogen and oxygen atoms in total. The number of hydrogen-bond donors (Lipinski definition) is 0. The molecular weight excluding hydrogens is 305 g/mol. The maximum absolute atomic E-state index is 5.43. The van der Waals surface area contributed by atoms with E-state index in [2.05, 4.69) is 25.8 Å². The summed E-state index contributed by atoms with van der Waals surface area (Å²) in [6.07, 6.45) is 6.79. The van der Waals surface area contributed by atoms with Gasteiger partial charge in [-0.25, -0.2) is 0 Å². The van der Waals surface area contributed by atoms with Crippen LogP contribution in [0.25, 0.3) is 0 Å². The molecule has 3 heteroatoms. The summed E-state index contributed by atoms with van der Waals surface area (Å²) in [4.78, 5) is 10.3. The Balaban J connectivity index is 2.05. The van der Waals surface area contributed by atoms with Gasteiger partial charge in [0.05, 0.1) is 0 Å². The van der Waals surface area contributed by atoms with Crippen molar-refractivity contribution in [1.82, 2.24) is 4.90 Å². The Kier molecular flexibility index (Phi) is 4.22. The number of rotatable bonds is 2. The van der Waals surface area contributed by atoms with Crippen molar-refractivity contribution >= 4 is 18.4 Å². The Hall–Kier alpha value is 0.299. The minimum absolute atomic E-state index is 0.917. The van der Waals surface area contributed by atoms with E-state index < -0.39 is 18.4 Å². The molecule has 1 aliphatic carbocycles. The monoisotopic (exact) mass is 331 g/mol. The third kappa shape index (κ3) is 3.16. The van der Waals surface area contributed by atoms with E-state index in [1.165, 1.54) is 19.3 Å². The Morgan fingerprint density at radius 1 is 1.25 bits per heavy atom. The van der Waals surface area contributed by atoms with Gasteiger partial charge in [-0.15, -0.1) is 0 Å². The third-order valence-corrected chi connectivity index (χ3v) is 11.5. The van der Waals surface area contributed by atoms with Crippen LogP contribution in [0.15, 0.2) is 11.8 Å². The Bertz CT molecular complexity index is 264. The molecule has 0 aromatic carbocycles. The molecule has 0 N–H and O–H groups in total. The van der Waals surface area contributed by atoms with Crippen LogP contribution in [-0.4, -0.2) is 49.6 Å². The van der Waals surface area contributed by atoms with Gasteiger partial charge in [-0.05, 0) is 0 Å². The molecule has 1 saturated heterocycles. The zero-order valence-corrected chi connectivity index (χ0v) is 13.8. The van der Waals surface area contributed by atoms with Crippen LogP contribution in [0.1, 0.15) is 19.3 Å². The zero-order valence-electron chi connectivity index (χ0n) is 11.0. The van der Waals surface area contributed by atoms with Crippen molar-refractivity contribution in [3.8, 4) is 0 Å². The van der Waals surface area contributed by atoms with E-state index in [1.54, 1.807) is 5.70 Å². The molecule has 0 aromatic heterocycles. The summed E-state index contributed by atoms with van der Waals surface area (Å²) >= 11 is -1.72. The van der Waals surface area contributed by atoms with E-state index in [0.29, 0.717) is 0 Å². The van der Waals surface area contributed by atoms with Crippen LogP contribution >= 0.6 is 0 Å². The topological polar surface area (TPSA) is 12.5 Å². The van der Waals surface area contributed by atoms with E-state index in [1.807, 2.05) is 0 Å². The molecule has 1 fully saturated rings. The molecule has 2 aliphatic rings. The quantitative estimate of drug-likeness (QED) is 0.722. The molecule has 1 atom stereocenters. The van der Waals surface area contributed by atoms with Gasteiger partial charge in [0.25, 0.3) is 0 Å². The minimum atomic E-state index is -1.72. The first kappa shape index (κ1) is 12.7. The zero-order chi connectivity index (χ0) is 11.6. The molecule has 1 aliphatic heterocycles. The molecule has 2 rings (SSSR count). The van der Waals surface area contributed by atoms with Crippen LogP contribution in [0.5, 0.6) is 0 Å².